The van der Waals surface area contributed by atoms with Crippen molar-refractivity contribution < 1.29 is 0 Å². The molecule has 0 bridgehead atoms. The molecule has 0 aromatic carbocycles. The highest BCUT2D eigenvalue weighted by molar-refractivity contribution is 4.85. The van der Waals surface area contributed by atoms with E-state index in [1.165, 1.54) is 77.0 Å². The van der Waals surface area contributed by atoms with E-state index in [1.807, 2.05) is 0 Å². The number of nitrogens with one attached hydrogen (secondary N) is 1. The number of unbranched alkanes of at least 4 members (excludes halogenated alkanes) is 2. The van der Waals surface area contributed by atoms with Crippen LogP contribution in [0.4, 0.5) is 0 Å². The summed E-state index contributed by atoms with van der Waals surface area (Å²) in [5.41, 5.74) is 0. The average Bonchev–Trinajstić information content (AvgIpc) is 2.60. The van der Waals surface area contributed by atoms with Crippen LogP contribution >= 0.6 is 0 Å². The van der Waals surface area contributed by atoms with Gasteiger partial charge in [0.25, 0.3) is 0 Å². The van der Waals surface area contributed by atoms with Crippen molar-refractivity contribution in [2.45, 2.75) is 131 Å². The Morgan fingerprint density at radius 2 is 1.52 bits per heavy atom. The maximum absolute atomic E-state index is 4.12. The zero-order valence-electron chi connectivity index (χ0n) is 18.4. The largest absolute Gasteiger partial charge is 0.311 e. The van der Waals surface area contributed by atoms with Gasteiger partial charge in [-0.05, 0) is 43.4 Å². The predicted octanol–water partition coefficient (Wildman–Crippen LogP) is 7.59. The van der Waals surface area contributed by atoms with Crippen LogP contribution in [0, 0.1) is 23.7 Å². The molecule has 25 heavy (non-hydrogen) atoms. The van der Waals surface area contributed by atoms with Crippen LogP contribution in [0.15, 0.2) is 0 Å². The minimum atomic E-state index is 0.678. The first-order chi connectivity index (χ1) is 12.0. The van der Waals surface area contributed by atoms with Gasteiger partial charge in [-0.3, -0.25) is 0 Å². The van der Waals surface area contributed by atoms with Gasteiger partial charge < -0.3 is 5.32 Å². The van der Waals surface area contributed by atoms with Crippen molar-refractivity contribution in [2.24, 2.45) is 23.7 Å². The molecule has 1 heteroatoms. The molecule has 1 rings (SSSR count). The molecule has 1 nitrogen and oxygen atoms in total. The monoisotopic (exact) mass is 351 g/mol. The minimum Gasteiger partial charge on any atom is -0.311 e. The molecule has 0 aromatic heterocycles. The summed E-state index contributed by atoms with van der Waals surface area (Å²) in [6.07, 6.45) is 16.9. The van der Waals surface area contributed by atoms with Gasteiger partial charge in [-0.15, -0.1) is 0 Å². The first-order valence-corrected chi connectivity index (χ1v) is 11.8. The van der Waals surface area contributed by atoms with Crippen molar-refractivity contribution in [2.75, 3.05) is 0 Å². The Morgan fingerprint density at radius 3 is 2.08 bits per heavy atom. The number of rotatable bonds is 13. The molecule has 1 saturated carbocycles. The zero-order valence-corrected chi connectivity index (χ0v) is 18.4. The lowest BCUT2D eigenvalue weighted by Gasteiger charge is -2.38. The fraction of sp³-hybridized carbons (Fsp3) is 1.00. The van der Waals surface area contributed by atoms with Crippen LogP contribution in [0.1, 0.15) is 119 Å². The smallest absolute Gasteiger partial charge is 0.0100 e. The standard InChI is InChI=1S/C24H49N/c1-7-9-11-15-20(5)25-24(18-23(14-8-2)19(3)4)21(6)22-16-12-10-13-17-22/h19-25H,7-18H2,1-6H3. The van der Waals surface area contributed by atoms with E-state index in [0.717, 1.165) is 29.7 Å². The Morgan fingerprint density at radius 1 is 0.840 bits per heavy atom. The van der Waals surface area contributed by atoms with Crippen molar-refractivity contribution >= 4 is 0 Å². The lowest BCUT2D eigenvalue weighted by Crippen LogP contribution is -2.45. The molecule has 4 atom stereocenters. The van der Waals surface area contributed by atoms with Crippen LogP contribution in [0.2, 0.25) is 0 Å². The van der Waals surface area contributed by atoms with Gasteiger partial charge >= 0.3 is 0 Å². The summed E-state index contributed by atoms with van der Waals surface area (Å²) in [6.45, 7) is 14.5. The van der Waals surface area contributed by atoms with Gasteiger partial charge in [0, 0.05) is 12.1 Å². The van der Waals surface area contributed by atoms with Gasteiger partial charge in [-0.2, -0.15) is 0 Å². The Hall–Kier alpha value is -0.0400. The normalized spacial score (nSPS) is 21.2. The van der Waals surface area contributed by atoms with Crippen LogP contribution < -0.4 is 5.32 Å². The molecule has 1 aliphatic carbocycles. The van der Waals surface area contributed by atoms with Gasteiger partial charge in [0.1, 0.15) is 0 Å². The van der Waals surface area contributed by atoms with E-state index in [-0.39, 0.29) is 0 Å². The Balaban J connectivity index is 2.69. The van der Waals surface area contributed by atoms with Crippen molar-refractivity contribution in [1.29, 1.82) is 0 Å². The molecule has 0 saturated heterocycles. The highest BCUT2D eigenvalue weighted by Crippen LogP contribution is 2.35. The van der Waals surface area contributed by atoms with Crippen molar-refractivity contribution in [1.82, 2.24) is 5.32 Å². The van der Waals surface area contributed by atoms with Gasteiger partial charge in [0.05, 0.1) is 0 Å². The second kappa shape index (κ2) is 13.2. The molecule has 1 N–H and O–H groups in total. The Bertz CT molecular complexity index is 305. The third-order valence-electron chi connectivity index (χ3n) is 6.93. The third kappa shape index (κ3) is 8.94. The van der Waals surface area contributed by atoms with E-state index >= 15 is 0 Å². The van der Waals surface area contributed by atoms with E-state index in [4.69, 9.17) is 0 Å². The molecule has 4 unspecified atom stereocenters. The summed E-state index contributed by atoms with van der Waals surface area (Å²) in [5, 5.41) is 4.12. The summed E-state index contributed by atoms with van der Waals surface area (Å²) in [6, 6.07) is 1.40. The summed E-state index contributed by atoms with van der Waals surface area (Å²) in [7, 11) is 0. The van der Waals surface area contributed by atoms with E-state index in [0.29, 0.717) is 6.04 Å². The fourth-order valence-corrected chi connectivity index (χ4v) is 4.99. The van der Waals surface area contributed by atoms with Crippen LogP contribution in [-0.2, 0) is 0 Å². The molecule has 0 radical (unpaired) electrons. The van der Waals surface area contributed by atoms with E-state index in [1.54, 1.807) is 0 Å². The lowest BCUT2D eigenvalue weighted by molar-refractivity contribution is 0.165. The second-order valence-corrected chi connectivity index (χ2v) is 9.46. The van der Waals surface area contributed by atoms with Gasteiger partial charge in [-0.1, -0.05) is 98.8 Å². The fourth-order valence-electron chi connectivity index (χ4n) is 4.99. The molecular weight excluding hydrogens is 302 g/mol. The zero-order chi connectivity index (χ0) is 18.7. The lowest BCUT2D eigenvalue weighted by atomic mass is 9.74. The topological polar surface area (TPSA) is 12.0 Å². The van der Waals surface area contributed by atoms with Crippen molar-refractivity contribution in [3.63, 3.8) is 0 Å². The molecule has 0 aliphatic heterocycles. The van der Waals surface area contributed by atoms with Gasteiger partial charge in [0.15, 0.2) is 0 Å². The maximum atomic E-state index is 4.12. The Labute approximate surface area is 160 Å². The predicted molar refractivity (Wildman–Crippen MR) is 114 cm³/mol. The molecule has 0 heterocycles. The van der Waals surface area contributed by atoms with Crippen molar-refractivity contribution in [3.8, 4) is 0 Å². The number of hydrogen-bond donors (Lipinski definition) is 1. The average molecular weight is 352 g/mol. The van der Waals surface area contributed by atoms with Crippen LogP contribution in [0.5, 0.6) is 0 Å². The summed E-state index contributed by atoms with van der Waals surface area (Å²) in [5.74, 6) is 3.50. The molecule has 1 fully saturated rings. The van der Waals surface area contributed by atoms with Crippen LogP contribution in [-0.4, -0.2) is 12.1 Å². The quantitative estimate of drug-likeness (QED) is 0.337. The summed E-state index contributed by atoms with van der Waals surface area (Å²) < 4.78 is 0. The molecular formula is C24H49N. The van der Waals surface area contributed by atoms with E-state index in [9.17, 15) is 0 Å². The molecule has 0 spiro atoms. The van der Waals surface area contributed by atoms with Crippen LogP contribution in [0.25, 0.3) is 0 Å². The molecule has 0 aromatic rings. The van der Waals surface area contributed by atoms with E-state index < -0.39 is 0 Å². The second-order valence-electron chi connectivity index (χ2n) is 9.46. The maximum Gasteiger partial charge on any atom is 0.0100 e. The highest BCUT2D eigenvalue weighted by atomic mass is 15.0. The van der Waals surface area contributed by atoms with Crippen LogP contribution in [0.3, 0.4) is 0 Å². The molecule has 150 valence electrons. The highest BCUT2D eigenvalue weighted by Gasteiger charge is 2.30. The molecule has 1 aliphatic rings. The first-order valence-electron chi connectivity index (χ1n) is 11.8. The SMILES string of the molecule is CCCCCC(C)NC(CC(CCC)C(C)C)C(C)C1CCCCC1. The Kier molecular flexibility index (Phi) is 12.1. The number of hydrogen-bond acceptors (Lipinski definition) is 1. The molecule has 0 amide bonds. The van der Waals surface area contributed by atoms with Gasteiger partial charge in [0.2, 0.25) is 0 Å². The summed E-state index contributed by atoms with van der Waals surface area (Å²) >= 11 is 0. The first kappa shape index (κ1) is 23.0. The minimum absolute atomic E-state index is 0.678. The van der Waals surface area contributed by atoms with Crippen molar-refractivity contribution in [3.05, 3.63) is 0 Å². The summed E-state index contributed by atoms with van der Waals surface area (Å²) in [4.78, 5) is 0. The third-order valence-corrected chi connectivity index (χ3v) is 6.93. The van der Waals surface area contributed by atoms with E-state index in [2.05, 4.69) is 46.9 Å². The van der Waals surface area contributed by atoms with Gasteiger partial charge in [-0.25, -0.2) is 0 Å².